The summed E-state index contributed by atoms with van der Waals surface area (Å²) in [6, 6.07) is 7.68. The maximum Gasteiger partial charge on any atom is 0.350 e. The van der Waals surface area contributed by atoms with Crippen LogP contribution in [-0.2, 0) is 19.1 Å². The number of thioether (sulfide) groups is 1. The maximum absolute atomic E-state index is 11.7. The molecule has 1 aliphatic rings. The highest BCUT2D eigenvalue weighted by atomic mass is 32.2. The molecule has 1 aromatic carbocycles. The van der Waals surface area contributed by atoms with Crippen LogP contribution in [0.4, 0.5) is 5.69 Å². The molecule has 112 valence electrons. The summed E-state index contributed by atoms with van der Waals surface area (Å²) in [5.41, 5.74) is 0.620. The lowest BCUT2D eigenvalue weighted by Gasteiger charge is -2.29. The van der Waals surface area contributed by atoms with E-state index in [0.29, 0.717) is 0 Å². The van der Waals surface area contributed by atoms with E-state index in [4.69, 9.17) is 9.47 Å². The summed E-state index contributed by atoms with van der Waals surface area (Å²) in [7, 11) is 0. The quantitative estimate of drug-likeness (QED) is 0.399. The van der Waals surface area contributed by atoms with Crippen molar-refractivity contribution in [2.45, 2.75) is 31.5 Å². The molecule has 0 spiro atoms. The first-order valence-electron chi connectivity index (χ1n) is 6.57. The predicted molar refractivity (Wildman–Crippen MR) is 80.8 cm³/mol. The lowest BCUT2D eigenvalue weighted by Crippen LogP contribution is -2.42. The Hall–Kier alpha value is -1.95. The van der Waals surface area contributed by atoms with Gasteiger partial charge in [-0.15, -0.1) is 11.8 Å². The predicted octanol–water partition coefficient (Wildman–Crippen LogP) is 2.93. The van der Waals surface area contributed by atoms with Crippen LogP contribution >= 0.6 is 11.8 Å². The zero-order valence-corrected chi connectivity index (χ0v) is 13.0. The van der Waals surface area contributed by atoms with Crippen molar-refractivity contribution in [3.63, 3.8) is 0 Å². The number of benzene rings is 1. The van der Waals surface area contributed by atoms with Crippen LogP contribution in [-0.4, -0.2) is 23.5 Å². The molecule has 1 heterocycles. The minimum absolute atomic E-state index is 0.152. The van der Waals surface area contributed by atoms with Crippen molar-refractivity contribution >= 4 is 29.4 Å². The molecule has 1 saturated heterocycles. The highest BCUT2D eigenvalue weighted by molar-refractivity contribution is 7.99. The van der Waals surface area contributed by atoms with E-state index in [1.807, 2.05) is 24.3 Å². The van der Waals surface area contributed by atoms with Gasteiger partial charge in [-0.1, -0.05) is 6.92 Å². The summed E-state index contributed by atoms with van der Waals surface area (Å²) in [6.07, 6.45) is 1.31. The largest absolute Gasteiger partial charge is 0.419 e. The van der Waals surface area contributed by atoms with Gasteiger partial charge in [0.2, 0.25) is 0 Å². The molecule has 0 bridgehead atoms. The Balaban J connectivity index is 2.06. The number of anilines is 1. The SMILES string of the molecule is CCSc1ccc(NC=C2C(=O)OC(C)(C)OC2=O)cc1. The van der Waals surface area contributed by atoms with Crippen LogP contribution in [0.5, 0.6) is 0 Å². The van der Waals surface area contributed by atoms with Crippen LogP contribution < -0.4 is 5.32 Å². The van der Waals surface area contributed by atoms with Gasteiger partial charge in [0, 0.05) is 30.6 Å². The highest BCUT2D eigenvalue weighted by Crippen LogP contribution is 2.23. The second-order valence-electron chi connectivity index (χ2n) is 4.84. The average Bonchev–Trinajstić information content (AvgIpc) is 2.38. The van der Waals surface area contributed by atoms with E-state index < -0.39 is 17.7 Å². The van der Waals surface area contributed by atoms with Gasteiger partial charge in [0.05, 0.1) is 0 Å². The first kappa shape index (κ1) is 15.4. The van der Waals surface area contributed by atoms with E-state index in [-0.39, 0.29) is 5.57 Å². The molecule has 0 saturated carbocycles. The Bertz CT molecular complexity index is 556. The highest BCUT2D eigenvalue weighted by Gasteiger charge is 2.38. The molecule has 1 N–H and O–H groups in total. The minimum atomic E-state index is -1.22. The van der Waals surface area contributed by atoms with Crippen molar-refractivity contribution in [1.29, 1.82) is 0 Å². The van der Waals surface area contributed by atoms with E-state index >= 15 is 0 Å². The zero-order chi connectivity index (χ0) is 15.5. The molecule has 0 radical (unpaired) electrons. The molecule has 1 aliphatic heterocycles. The lowest BCUT2D eigenvalue weighted by atomic mass is 10.2. The first-order chi connectivity index (χ1) is 9.91. The Kier molecular flexibility index (Phi) is 4.57. The van der Waals surface area contributed by atoms with Crippen molar-refractivity contribution in [2.75, 3.05) is 11.1 Å². The van der Waals surface area contributed by atoms with Gasteiger partial charge in [0.1, 0.15) is 0 Å². The fourth-order valence-corrected chi connectivity index (χ4v) is 2.41. The minimum Gasteiger partial charge on any atom is -0.419 e. The Morgan fingerprint density at radius 1 is 1.14 bits per heavy atom. The van der Waals surface area contributed by atoms with E-state index in [0.717, 1.165) is 16.3 Å². The number of carbonyl (C=O) groups is 2. The van der Waals surface area contributed by atoms with E-state index in [9.17, 15) is 9.59 Å². The molecule has 5 nitrogen and oxygen atoms in total. The number of carbonyl (C=O) groups excluding carboxylic acids is 2. The molecule has 0 atom stereocenters. The van der Waals surface area contributed by atoms with Gasteiger partial charge in [0.25, 0.3) is 5.79 Å². The molecule has 1 aromatic rings. The fourth-order valence-electron chi connectivity index (χ4n) is 1.75. The number of ether oxygens (including phenoxy) is 2. The van der Waals surface area contributed by atoms with Gasteiger partial charge in [-0.25, -0.2) is 9.59 Å². The lowest BCUT2D eigenvalue weighted by molar-refractivity contribution is -0.222. The van der Waals surface area contributed by atoms with Crippen LogP contribution in [0.25, 0.3) is 0 Å². The first-order valence-corrected chi connectivity index (χ1v) is 7.56. The Morgan fingerprint density at radius 3 is 2.24 bits per heavy atom. The summed E-state index contributed by atoms with van der Waals surface area (Å²) in [4.78, 5) is 24.7. The summed E-state index contributed by atoms with van der Waals surface area (Å²) in [5, 5.41) is 2.90. The standard InChI is InChI=1S/C15H17NO4S/c1-4-21-11-7-5-10(6-8-11)16-9-12-13(17)19-15(2,3)20-14(12)18/h5-9,16H,4H2,1-3H3. The number of esters is 2. The third-order valence-corrected chi connectivity index (χ3v) is 3.56. The average molecular weight is 307 g/mol. The van der Waals surface area contributed by atoms with E-state index in [1.165, 1.54) is 20.0 Å². The van der Waals surface area contributed by atoms with Crippen LogP contribution in [0.2, 0.25) is 0 Å². The van der Waals surface area contributed by atoms with Gasteiger partial charge in [0.15, 0.2) is 5.57 Å². The molecule has 2 rings (SSSR count). The summed E-state index contributed by atoms with van der Waals surface area (Å²) in [5.74, 6) is -1.60. The second kappa shape index (κ2) is 6.22. The van der Waals surface area contributed by atoms with Crippen LogP contribution in [0.15, 0.2) is 40.9 Å². The van der Waals surface area contributed by atoms with Gasteiger partial charge in [-0.2, -0.15) is 0 Å². The van der Waals surface area contributed by atoms with Crippen LogP contribution in [0, 0.1) is 0 Å². The second-order valence-corrected chi connectivity index (χ2v) is 6.18. The summed E-state index contributed by atoms with van der Waals surface area (Å²) in [6.45, 7) is 5.11. The number of hydrogen-bond acceptors (Lipinski definition) is 6. The van der Waals surface area contributed by atoms with Crippen molar-refractivity contribution < 1.29 is 19.1 Å². The number of cyclic esters (lactones) is 2. The molecule has 0 amide bonds. The molecular formula is C15H17NO4S. The molecule has 6 heteroatoms. The van der Waals surface area contributed by atoms with Crippen molar-refractivity contribution in [2.24, 2.45) is 0 Å². The summed E-state index contributed by atoms with van der Waals surface area (Å²) >= 11 is 1.74. The van der Waals surface area contributed by atoms with E-state index in [2.05, 4.69) is 12.2 Å². The third-order valence-electron chi connectivity index (χ3n) is 2.67. The zero-order valence-electron chi connectivity index (χ0n) is 12.1. The van der Waals surface area contributed by atoms with Crippen molar-refractivity contribution in [3.05, 3.63) is 36.0 Å². The van der Waals surface area contributed by atoms with Gasteiger partial charge < -0.3 is 14.8 Å². The maximum atomic E-state index is 11.7. The molecule has 0 unspecified atom stereocenters. The molecule has 1 fully saturated rings. The Morgan fingerprint density at radius 2 is 1.71 bits per heavy atom. The van der Waals surface area contributed by atoms with E-state index in [1.54, 1.807) is 11.8 Å². The number of rotatable bonds is 4. The topological polar surface area (TPSA) is 64.6 Å². The molecule has 21 heavy (non-hydrogen) atoms. The normalized spacial score (nSPS) is 17.0. The number of nitrogens with one attached hydrogen (secondary N) is 1. The van der Waals surface area contributed by atoms with Crippen molar-refractivity contribution in [1.82, 2.24) is 0 Å². The monoisotopic (exact) mass is 307 g/mol. The fraction of sp³-hybridized carbons (Fsp3) is 0.333. The van der Waals surface area contributed by atoms with Gasteiger partial charge in [-0.05, 0) is 30.0 Å². The van der Waals surface area contributed by atoms with Crippen LogP contribution in [0.3, 0.4) is 0 Å². The smallest absolute Gasteiger partial charge is 0.350 e. The summed E-state index contributed by atoms with van der Waals surface area (Å²) < 4.78 is 10.0. The third kappa shape index (κ3) is 4.01. The molecule has 0 aromatic heterocycles. The van der Waals surface area contributed by atoms with Crippen LogP contribution in [0.1, 0.15) is 20.8 Å². The number of hydrogen-bond donors (Lipinski definition) is 1. The van der Waals surface area contributed by atoms with Crippen molar-refractivity contribution in [3.8, 4) is 0 Å². The van der Waals surface area contributed by atoms with Gasteiger partial charge >= 0.3 is 11.9 Å². The molecular weight excluding hydrogens is 290 g/mol. The van der Waals surface area contributed by atoms with Gasteiger partial charge in [-0.3, -0.25) is 0 Å². The molecule has 0 aliphatic carbocycles. The Labute approximate surface area is 127 Å².